The maximum Gasteiger partial charge on any atom is 0.193 e. The van der Waals surface area contributed by atoms with E-state index >= 15 is 0 Å². The summed E-state index contributed by atoms with van der Waals surface area (Å²) in [6.07, 6.45) is 4.26. The predicted molar refractivity (Wildman–Crippen MR) is 136 cm³/mol. The van der Waals surface area contributed by atoms with Crippen LogP contribution < -0.4 is 9.47 Å². The summed E-state index contributed by atoms with van der Waals surface area (Å²) in [6.45, 7) is 4.26. The summed E-state index contributed by atoms with van der Waals surface area (Å²) in [7, 11) is 1.67. The average Bonchev–Trinajstić information content (AvgIpc) is 3.43. The fourth-order valence-electron chi connectivity index (χ4n) is 5.08. The van der Waals surface area contributed by atoms with Crippen molar-refractivity contribution in [3.8, 4) is 11.5 Å². The van der Waals surface area contributed by atoms with E-state index in [1.165, 1.54) is 18.4 Å². The summed E-state index contributed by atoms with van der Waals surface area (Å²) < 4.78 is 11.5. The molecule has 0 saturated carbocycles. The molecule has 2 aliphatic rings. The van der Waals surface area contributed by atoms with Crippen LogP contribution in [-0.2, 0) is 6.42 Å². The molecule has 174 valence electrons. The Morgan fingerprint density at radius 2 is 1.53 bits per heavy atom. The SMILES string of the molecule is COc1ccc(C2=C(C(=O)c3ccc(OC(C)N4CCCC4)cc3)c3ccccc3CC2)cc1. The van der Waals surface area contributed by atoms with Crippen LogP contribution in [-0.4, -0.2) is 37.1 Å². The van der Waals surface area contributed by atoms with Crippen LogP contribution in [0.3, 0.4) is 0 Å². The first kappa shape index (κ1) is 22.4. The van der Waals surface area contributed by atoms with E-state index in [9.17, 15) is 4.79 Å². The van der Waals surface area contributed by atoms with Crippen molar-refractivity contribution in [2.24, 2.45) is 0 Å². The zero-order chi connectivity index (χ0) is 23.5. The van der Waals surface area contributed by atoms with Gasteiger partial charge in [-0.1, -0.05) is 36.4 Å². The molecule has 0 aromatic heterocycles. The lowest BCUT2D eigenvalue weighted by atomic mass is 9.79. The molecule has 0 radical (unpaired) electrons. The fourth-order valence-corrected chi connectivity index (χ4v) is 5.08. The zero-order valence-electron chi connectivity index (χ0n) is 19.9. The quantitative estimate of drug-likeness (QED) is 0.396. The van der Waals surface area contributed by atoms with E-state index < -0.39 is 0 Å². The molecule has 0 spiro atoms. The molecular formula is C30H31NO3. The van der Waals surface area contributed by atoms with Gasteiger partial charge in [-0.15, -0.1) is 0 Å². The summed E-state index contributed by atoms with van der Waals surface area (Å²) in [4.78, 5) is 16.2. The van der Waals surface area contributed by atoms with Crippen molar-refractivity contribution in [1.82, 2.24) is 4.90 Å². The molecule has 0 N–H and O–H groups in total. The van der Waals surface area contributed by atoms with Gasteiger partial charge in [-0.25, -0.2) is 0 Å². The molecule has 34 heavy (non-hydrogen) atoms. The number of ether oxygens (including phenoxy) is 2. The number of ketones is 1. The Labute approximate surface area is 201 Å². The van der Waals surface area contributed by atoms with E-state index in [0.29, 0.717) is 5.56 Å². The molecular weight excluding hydrogens is 422 g/mol. The minimum Gasteiger partial charge on any atom is -0.497 e. The van der Waals surface area contributed by atoms with Gasteiger partial charge in [-0.05, 0) is 91.3 Å². The summed E-state index contributed by atoms with van der Waals surface area (Å²) in [5.74, 6) is 1.66. The number of hydrogen-bond acceptors (Lipinski definition) is 4. The molecule has 1 heterocycles. The number of carbonyl (C=O) groups is 1. The topological polar surface area (TPSA) is 38.8 Å². The zero-order valence-corrected chi connectivity index (χ0v) is 19.9. The Kier molecular flexibility index (Phi) is 6.50. The molecule has 0 bridgehead atoms. The number of methoxy groups -OCH3 is 1. The van der Waals surface area contributed by atoms with Gasteiger partial charge in [0.25, 0.3) is 0 Å². The van der Waals surface area contributed by atoms with Crippen LogP contribution in [0.5, 0.6) is 11.5 Å². The highest BCUT2D eigenvalue weighted by Crippen LogP contribution is 2.39. The van der Waals surface area contributed by atoms with Crippen LogP contribution >= 0.6 is 0 Å². The molecule has 4 nitrogen and oxygen atoms in total. The molecule has 1 aliphatic heterocycles. The first-order chi connectivity index (χ1) is 16.6. The van der Waals surface area contributed by atoms with Gasteiger partial charge >= 0.3 is 0 Å². The van der Waals surface area contributed by atoms with Crippen LogP contribution in [0, 0.1) is 0 Å². The summed E-state index contributed by atoms with van der Waals surface area (Å²) in [5.41, 5.74) is 5.90. The largest absolute Gasteiger partial charge is 0.497 e. The van der Waals surface area contributed by atoms with Gasteiger partial charge in [-0.2, -0.15) is 0 Å². The number of fused-ring (bicyclic) bond motifs is 1. The van der Waals surface area contributed by atoms with E-state index in [0.717, 1.165) is 59.7 Å². The van der Waals surface area contributed by atoms with Crippen molar-refractivity contribution in [3.05, 3.63) is 95.1 Å². The van der Waals surface area contributed by atoms with Gasteiger partial charge in [0.15, 0.2) is 5.78 Å². The summed E-state index contributed by atoms with van der Waals surface area (Å²) in [5, 5.41) is 0. The third kappa shape index (κ3) is 4.51. The van der Waals surface area contributed by atoms with E-state index in [1.54, 1.807) is 7.11 Å². The van der Waals surface area contributed by atoms with Gasteiger partial charge in [0, 0.05) is 24.2 Å². The Morgan fingerprint density at radius 1 is 0.853 bits per heavy atom. The molecule has 1 saturated heterocycles. The highest BCUT2D eigenvalue weighted by Gasteiger charge is 2.26. The van der Waals surface area contributed by atoms with Crippen LogP contribution in [0.4, 0.5) is 0 Å². The number of carbonyl (C=O) groups excluding carboxylic acids is 1. The number of rotatable bonds is 7. The first-order valence-electron chi connectivity index (χ1n) is 12.2. The van der Waals surface area contributed by atoms with E-state index in [1.807, 2.05) is 60.7 Å². The minimum atomic E-state index is 0.0404. The minimum absolute atomic E-state index is 0.0404. The molecule has 1 fully saturated rings. The average molecular weight is 454 g/mol. The molecule has 5 rings (SSSR count). The number of nitrogens with zero attached hydrogens (tertiary/aromatic N) is 1. The standard InChI is InChI=1S/C30H31NO3/c1-21(31-19-5-6-20-31)34-26-16-11-24(12-17-26)30(32)29-27-8-4-3-7-22(27)13-18-28(29)23-9-14-25(33-2)15-10-23/h3-4,7-12,14-17,21H,5-6,13,18-20H2,1-2H3. The van der Waals surface area contributed by atoms with Crippen LogP contribution in [0.25, 0.3) is 11.1 Å². The molecule has 3 aromatic carbocycles. The molecule has 0 amide bonds. The van der Waals surface area contributed by atoms with Gasteiger partial charge in [0.2, 0.25) is 0 Å². The smallest absolute Gasteiger partial charge is 0.193 e. The van der Waals surface area contributed by atoms with Crippen molar-refractivity contribution in [2.45, 2.75) is 38.8 Å². The maximum absolute atomic E-state index is 13.9. The Bertz CT molecular complexity index is 1190. The van der Waals surface area contributed by atoms with E-state index in [2.05, 4.69) is 24.0 Å². The third-order valence-electron chi connectivity index (χ3n) is 6.98. The molecule has 1 aliphatic carbocycles. The lowest BCUT2D eigenvalue weighted by Crippen LogP contribution is -2.34. The molecule has 3 aromatic rings. The first-order valence-corrected chi connectivity index (χ1v) is 12.2. The molecule has 1 unspecified atom stereocenters. The monoisotopic (exact) mass is 453 g/mol. The van der Waals surface area contributed by atoms with E-state index in [4.69, 9.17) is 9.47 Å². The Morgan fingerprint density at radius 3 is 2.24 bits per heavy atom. The van der Waals surface area contributed by atoms with Crippen molar-refractivity contribution in [3.63, 3.8) is 0 Å². The van der Waals surface area contributed by atoms with Gasteiger partial charge < -0.3 is 9.47 Å². The van der Waals surface area contributed by atoms with Crippen molar-refractivity contribution >= 4 is 16.9 Å². The Balaban J connectivity index is 1.47. The normalized spacial score (nSPS) is 16.8. The molecule has 1 atom stereocenters. The lowest BCUT2D eigenvalue weighted by Gasteiger charge is -2.25. The number of allylic oxidation sites excluding steroid dienone is 2. The maximum atomic E-state index is 13.9. The number of likely N-dealkylation sites (tertiary alicyclic amines) is 1. The predicted octanol–water partition coefficient (Wildman–Crippen LogP) is 6.26. The van der Waals surface area contributed by atoms with Gasteiger partial charge in [0.1, 0.15) is 17.7 Å². The lowest BCUT2D eigenvalue weighted by molar-refractivity contribution is 0.0592. The summed E-state index contributed by atoms with van der Waals surface area (Å²) >= 11 is 0. The summed E-state index contributed by atoms with van der Waals surface area (Å²) in [6, 6.07) is 23.9. The highest BCUT2D eigenvalue weighted by molar-refractivity contribution is 6.35. The van der Waals surface area contributed by atoms with Crippen molar-refractivity contribution < 1.29 is 14.3 Å². The van der Waals surface area contributed by atoms with Crippen LogP contribution in [0.2, 0.25) is 0 Å². The van der Waals surface area contributed by atoms with Crippen molar-refractivity contribution in [2.75, 3.05) is 20.2 Å². The Hall–Kier alpha value is -3.37. The second-order valence-electron chi connectivity index (χ2n) is 9.05. The van der Waals surface area contributed by atoms with Gasteiger partial charge in [0.05, 0.1) is 7.11 Å². The van der Waals surface area contributed by atoms with Crippen molar-refractivity contribution in [1.29, 1.82) is 0 Å². The van der Waals surface area contributed by atoms with E-state index in [-0.39, 0.29) is 12.0 Å². The number of aryl methyl sites for hydroxylation is 1. The number of benzene rings is 3. The van der Waals surface area contributed by atoms with Crippen LogP contribution in [0.15, 0.2) is 72.8 Å². The van der Waals surface area contributed by atoms with Gasteiger partial charge in [-0.3, -0.25) is 9.69 Å². The number of hydrogen-bond donors (Lipinski definition) is 0. The highest BCUT2D eigenvalue weighted by atomic mass is 16.5. The fraction of sp³-hybridized carbons (Fsp3) is 0.300. The second kappa shape index (κ2) is 9.86. The molecule has 4 heteroatoms. The third-order valence-corrected chi connectivity index (χ3v) is 6.98. The second-order valence-corrected chi connectivity index (χ2v) is 9.05. The number of Topliss-reactive ketones (excluding diaryl/α,β-unsaturated/α-hetero) is 1. The van der Waals surface area contributed by atoms with Crippen LogP contribution in [0.1, 0.15) is 53.2 Å².